The van der Waals surface area contributed by atoms with E-state index in [4.69, 9.17) is 13.9 Å². The molecule has 0 fully saturated rings. The van der Waals surface area contributed by atoms with Crippen LogP contribution in [-0.4, -0.2) is 24.2 Å². The molecule has 0 bridgehead atoms. The van der Waals surface area contributed by atoms with Gasteiger partial charge in [-0.3, -0.25) is 0 Å². The number of furan rings is 1. The van der Waals surface area contributed by atoms with Gasteiger partial charge in [0.2, 0.25) is 0 Å². The molecule has 2 heterocycles. The first-order valence-electron chi connectivity index (χ1n) is 7.79. The fourth-order valence-electron chi connectivity index (χ4n) is 2.36. The molecule has 0 aliphatic carbocycles. The summed E-state index contributed by atoms with van der Waals surface area (Å²) in [4.78, 5) is 8.81. The molecule has 1 aromatic carbocycles. The number of anilines is 3. The molecule has 7 nitrogen and oxygen atoms in total. The normalized spacial score (nSPS) is 10.4. The van der Waals surface area contributed by atoms with E-state index in [1.165, 1.54) is 0 Å². The molecule has 3 rings (SSSR count). The number of hydrogen-bond acceptors (Lipinski definition) is 7. The average molecular weight is 340 g/mol. The molecule has 0 radical (unpaired) electrons. The summed E-state index contributed by atoms with van der Waals surface area (Å²) in [7, 11) is 3.24. The highest BCUT2D eigenvalue weighted by atomic mass is 16.5. The fraction of sp³-hybridized carbons (Fsp3) is 0.222. The van der Waals surface area contributed by atoms with Crippen LogP contribution in [0.4, 0.5) is 17.3 Å². The summed E-state index contributed by atoms with van der Waals surface area (Å²) < 4.78 is 16.0. The number of aromatic nitrogens is 2. The highest BCUT2D eigenvalue weighted by Crippen LogP contribution is 2.31. The maximum absolute atomic E-state index is 5.38. The van der Waals surface area contributed by atoms with Crippen LogP contribution in [0, 0.1) is 6.92 Å². The minimum atomic E-state index is 0.547. The van der Waals surface area contributed by atoms with Crippen LogP contribution in [0.25, 0.3) is 0 Å². The molecule has 0 amide bonds. The lowest BCUT2D eigenvalue weighted by molar-refractivity contribution is 0.405. The summed E-state index contributed by atoms with van der Waals surface area (Å²) in [6.45, 7) is 2.39. The number of rotatable bonds is 7. The van der Waals surface area contributed by atoms with E-state index in [0.29, 0.717) is 29.8 Å². The molecule has 0 unspecified atom stereocenters. The van der Waals surface area contributed by atoms with Crippen molar-refractivity contribution in [2.45, 2.75) is 13.5 Å². The van der Waals surface area contributed by atoms with Crippen LogP contribution >= 0.6 is 0 Å². The van der Waals surface area contributed by atoms with Crippen LogP contribution in [0.2, 0.25) is 0 Å². The van der Waals surface area contributed by atoms with Gasteiger partial charge < -0.3 is 24.5 Å². The first-order valence-corrected chi connectivity index (χ1v) is 7.79. The second-order valence-corrected chi connectivity index (χ2v) is 5.31. The van der Waals surface area contributed by atoms with Gasteiger partial charge >= 0.3 is 0 Å². The third kappa shape index (κ3) is 4.20. The van der Waals surface area contributed by atoms with Crippen molar-refractivity contribution in [3.8, 4) is 11.5 Å². The largest absolute Gasteiger partial charge is 0.497 e. The smallest absolute Gasteiger partial charge is 0.142 e. The Balaban J connectivity index is 1.80. The van der Waals surface area contributed by atoms with Gasteiger partial charge in [0.1, 0.15) is 34.7 Å². The van der Waals surface area contributed by atoms with Crippen LogP contribution in [0.15, 0.2) is 47.1 Å². The fourth-order valence-corrected chi connectivity index (χ4v) is 2.36. The third-order valence-electron chi connectivity index (χ3n) is 3.53. The van der Waals surface area contributed by atoms with Gasteiger partial charge in [0, 0.05) is 12.1 Å². The number of benzene rings is 1. The summed E-state index contributed by atoms with van der Waals surface area (Å²) in [5, 5.41) is 6.48. The van der Waals surface area contributed by atoms with E-state index < -0.39 is 0 Å². The summed E-state index contributed by atoms with van der Waals surface area (Å²) >= 11 is 0. The Labute approximate surface area is 146 Å². The van der Waals surface area contributed by atoms with Gasteiger partial charge in [-0.15, -0.1) is 0 Å². The van der Waals surface area contributed by atoms with Gasteiger partial charge in [-0.25, -0.2) is 9.97 Å². The van der Waals surface area contributed by atoms with E-state index in [1.807, 2.05) is 43.3 Å². The Hall–Kier alpha value is -3.22. The van der Waals surface area contributed by atoms with Gasteiger partial charge in [-0.1, -0.05) is 0 Å². The van der Waals surface area contributed by atoms with E-state index in [1.54, 1.807) is 20.5 Å². The zero-order valence-corrected chi connectivity index (χ0v) is 14.4. The van der Waals surface area contributed by atoms with Crippen LogP contribution in [0.1, 0.15) is 11.6 Å². The molecule has 7 heteroatoms. The summed E-state index contributed by atoms with van der Waals surface area (Å²) in [5.41, 5.74) is 0.761. The molecule has 2 N–H and O–H groups in total. The molecule has 3 aromatic rings. The molecular formula is C18H20N4O3. The predicted molar refractivity (Wildman–Crippen MR) is 95.6 cm³/mol. The summed E-state index contributed by atoms with van der Waals surface area (Å²) in [6, 6.07) is 11.1. The minimum Gasteiger partial charge on any atom is -0.497 e. The Morgan fingerprint density at radius 2 is 1.88 bits per heavy atom. The number of aryl methyl sites for hydroxylation is 1. The second-order valence-electron chi connectivity index (χ2n) is 5.31. The van der Waals surface area contributed by atoms with Crippen molar-refractivity contribution in [3.63, 3.8) is 0 Å². The van der Waals surface area contributed by atoms with Crippen LogP contribution in [0.3, 0.4) is 0 Å². The minimum absolute atomic E-state index is 0.547. The van der Waals surface area contributed by atoms with Crippen molar-refractivity contribution < 1.29 is 13.9 Å². The predicted octanol–water partition coefficient (Wildman–Crippen LogP) is 3.75. The van der Waals surface area contributed by atoms with Gasteiger partial charge in [0.05, 0.1) is 32.7 Å². The maximum Gasteiger partial charge on any atom is 0.142 e. The third-order valence-corrected chi connectivity index (χ3v) is 3.53. The van der Waals surface area contributed by atoms with Gasteiger partial charge in [0.25, 0.3) is 0 Å². The van der Waals surface area contributed by atoms with Crippen LogP contribution in [0.5, 0.6) is 11.5 Å². The number of nitrogens with zero attached hydrogens (tertiary/aromatic N) is 2. The van der Waals surface area contributed by atoms with E-state index >= 15 is 0 Å². The van der Waals surface area contributed by atoms with Gasteiger partial charge in [-0.2, -0.15) is 0 Å². The standard InChI is InChI=1S/C18H20N4O3/c1-12-20-17(19-11-14-5-4-8-25-14)10-18(21-12)22-15-9-13(23-2)6-7-16(15)24-3/h4-10H,11H2,1-3H3,(H2,19,20,21,22). The molecule has 2 aromatic heterocycles. The van der Waals surface area contributed by atoms with Crippen molar-refractivity contribution in [3.05, 3.63) is 54.2 Å². The number of nitrogens with one attached hydrogen (secondary N) is 2. The molecule has 0 aliphatic heterocycles. The topological polar surface area (TPSA) is 81.4 Å². The van der Waals surface area contributed by atoms with Crippen molar-refractivity contribution in [2.24, 2.45) is 0 Å². The van der Waals surface area contributed by atoms with Crippen LogP contribution in [-0.2, 0) is 6.54 Å². The quantitative estimate of drug-likeness (QED) is 0.678. The molecule has 25 heavy (non-hydrogen) atoms. The van der Waals surface area contributed by atoms with E-state index in [-0.39, 0.29) is 0 Å². The van der Waals surface area contributed by atoms with Gasteiger partial charge in [0.15, 0.2) is 0 Å². The molecular weight excluding hydrogens is 320 g/mol. The molecule has 0 saturated carbocycles. The zero-order chi connectivity index (χ0) is 17.6. The van der Waals surface area contributed by atoms with Crippen LogP contribution < -0.4 is 20.1 Å². The molecule has 0 aliphatic rings. The van der Waals surface area contributed by atoms with E-state index in [9.17, 15) is 0 Å². The average Bonchev–Trinajstić information content (AvgIpc) is 3.13. The number of hydrogen-bond donors (Lipinski definition) is 2. The van der Waals surface area contributed by atoms with Crippen molar-refractivity contribution in [1.82, 2.24) is 9.97 Å². The Bertz CT molecular complexity index is 834. The van der Waals surface area contributed by atoms with Crippen molar-refractivity contribution >= 4 is 17.3 Å². The molecule has 0 saturated heterocycles. The Morgan fingerprint density at radius 1 is 1.04 bits per heavy atom. The Morgan fingerprint density at radius 3 is 2.60 bits per heavy atom. The summed E-state index contributed by atoms with van der Waals surface area (Å²) in [6.07, 6.45) is 1.64. The summed E-state index contributed by atoms with van der Waals surface area (Å²) in [5.74, 6) is 4.26. The SMILES string of the molecule is COc1ccc(OC)c(Nc2cc(NCc3ccco3)nc(C)n2)c1. The zero-order valence-electron chi connectivity index (χ0n) is 14.4. The first-order chi connectivity index (χ1) is 12.2. The van der Waals surface area contributed by atoms with E-state index in [2.05, 4.69) is 20.6 Å². The second kappa shape index (κ2) is 7.57. The molecule has 130 valence electrons. The first kappa shape index (κ1) is 16.6. The lowest BCUT2D eigenvalue weighted by Gasteiger charge is -2.13. The number of methoxy groups -OCH3 is 2. The maximum atomic E-state index is 5.38. The lowest BCUT2D eigenvalue weighted by Crippen LogP contribution is -2.05. The van der Waals surface area contributed by atoms with E-state index in [0.717, 1.165) is 17.2 Å². The highest BCUT2D eigenvalue weighted by Gasteiger charge is 2.08. The van der Waals surface area contributed by atoms with Crippen molar-refractivity contribution in [2.75, 3.05) is 24.9 Å². The highest BCUT2D eigenvalue weighted by molar-refractivity contribution is 5.67. The van der Waals surface area contributed by atoms with Crippen molar-refractivity contribution in [1.29, 1.82) is 0 Å². The van der Waals surface area contributed by atoms with Gasteiger partial charge in [-0.05, 0) is 31.2 Å². The lowest BCUT2D eigenvalue weighted by atomic mass is 10.2. The molecule has 0 spiro atoms. The molecule has 0 atom stereocenters. The number of ether oxygens (including phenoxy) is 2. The monoisotopic (exact) mass is 340 g/mol. The Kier molecular flexibility index (Phi) is 5.03.